The van der Waals surface area contributed by atoms with Crippen LogP contribution in [0.4, 0.5) is 5.69 Å². The number of carbonyl (C=O) groups excluding carboxylic acids is 1. The van der Waals surface area contributed by atoms with Crippen LogP contribution < -0.4 is 10.6 Å². The molecule has 2 N–H and O–H groups in total. The summed E-state index contributed by atoms with van der Waals surface area (Å²) in [6.45, 7) is 0.525. The van der Waals surface area contributed by atoms with Crippen LogP contribution in [0.15, 0.2) is 30.6 Å². The molecular formula is C12H12N6O. The van der Waals surface area contributed by atoms with Crippen molar-refractivity contribution >= 4 is 11.6 Å². The lowest BCUT2D eigenvalue weighted by Crippen LogP contribution is -2.28. The number of carbonyl (C=O) groups is 1. The third kappa shape index (κ3) is 3.62. The Morgan fingerprint density at radius 3 is 3.11 bits per heavy atom. The molecule has 0 saturated carbocycles. The van der Waals surface area contributed by atoms with E-state index in [0.29, 0.717) is 12.2 Å². The number of rotatable bonds is 5. The zero-order chi connectivity index (χ0) is 13.5. The second-order valence-corrected chi connectivity index (χ2v) is 3.66. The topological polar surface area (TPSA) is 84.7 Å². The summed E-state index contributed by atoms with van der Waals surface area (Å²) in [5, 5.41) is 16.4. The quantitative estimate of drug-likeness (QED) is 0.573. The minimum atomic E-state index is -0.163. The van der Waals surface area contributed by atoms with E-state index in [1.807, 2.05) is 12.1 Å². The number of nitrogens with zero attached hydrogens (tertiary/aromatic N) is 4. The van der Waals surface area contributed by atoms with Crippen molar-refractivity contribution in [2.45, 2.75) is 0 Å². The van der Waals surface area contributed by atoms with Gasteiger partial charge in [0.2, 0.25) is 5.91 Å². The van der Waals surface area contributed by atoms with Crippen LogP contribution in [0, 0.1) is 12.3 Å². The molecule has 0 saturated heterocycles. The Morgan fingerprint density at radius 1 is 1.47 bits per heavy atom. The van der Waals surface area contributed by atoms with Gasteiger partial charge in [-0.2, -0.15) is 0 Å². The molecular weight excluding hydrogens is 244 g/mol. The van der Waals surface area contributed by atoms with Gasteiger partial charge < -0.3 is 5.32 Å². The summed E-state index contributed by atoms with van der Waals surface area (Å²) in [5.41, 5.74) is 1.43. The molecule has 19 heavy (non-hydrogen) atoms. The molecule has 2 rings (SSSR count). The fourth-order valence-electron chi connectivity index (χ4n) is 1.46. The average Bonchev–Trinajstić information content (AvgIpc) is 2.93. The van der Waals surface area contributed by atoms with Gasteiger partial charge in [0.1, 0.15) is 6.33 Å². The van der Waals surface area contributed by atoms with Crippen molar-refractivity contribution in [3.8, 4) is 18.0 Å². The lowest BCUT2D eigenvalue weighted by atomic mass is 10.3. The van der Waals surface area contributed by atoms with Gasteiger partial charge >= 0.3 is 0 Å². The highest BCUT2D eigenvalue weighted by Gasteiger charge is 2.03. The highest BCUT2D eigenvalue weighted by molar-refractivity contribution is 5.92. The fraction of sp³-hybridized carbons (Fsp3) is 0.167. The third-order valence-electron chi connectivity index (χ3n) is 2.26. The number of hydrogen-bond donors (Lipinski definition) is 2. The summed E-state index contributed by atoms with van der Waals surface area (Å²) in [6, 6.07) is 7.20. The minimum absolute atomic E-state index is 0.163. The highest BCUT2D eigenvalue weighted by Crippen LogP contribution is 2.12. The van der Waals surface area contributed by atoms with E-state index in [2.05, 4.69) is 32.1 Å². The number of anilines is 1. The summed E-state index contributed by atoms with van der Waals surface area (Å²) >= 11 is 0. The number of tetrazole rings is 1. The summed E-state index contributed by atoms with van der Waals surface area (Å²) in [5.74, 6) is 2.24. The maximum Gasteiger partial charge on any atom is 0.238 e. The molecule has 0 spiro atoms. The van der Waals surface area contributed by atoms with Crippen molar-refractivity contribution in [1.29, 1.82) is 0 Å². The fourth-order valence-corrected chi connectivity index (χ4v) is 1.46. The number of amides is 1. The first-order valence-corrected chi connectivity index (χ1v) is 5.57. The van der Waals surface area contributed by atoms with E-state index in [9.17, 15) is 4.79 Å². The van der Waals surface area contributed by atoms with Crippen molar-refractivity contribution in [3.05, 3.63) is 30.6 Å². The Balaban J connectivity index is 2.00. The van der Waals surface area contributed by atoms with E-state index >= 15 is 0 Å². The van der Waals surface area contributed by atoms with Gasteiger partial charge in [-0.3, -0.25) is 10.1 Å². The second kappa shape index (κ2) is 6.28. The second-order valence-electron chi connectivity index (χ2n) is 3.66. The van der Waals surface area contributed by atoms with Crippen molar-refractivity contribution in [2.75, 3.05) is 18.4 Å². The van der Waals surface area contributed by atoms with Crippen LogP contribution in [0.1, 0.15) is 0 Å². The predicted octanol–water partition coefficient (Wildman–Crippen LogP) is -0.176. The molecule has 1 amide bonds. The molecule has 7 heteroatoms. The Labute approximate surface area is 110 Å². The first kappa shape index (κ1) is 12.7. The van der Waals surface area contributed by atoms with Crippen LogP contribution in [-0.4, -0.2) is 39.2 Å². The standard InChI is InChI=1S/C12H12N6O/c1-2-6-13-8-12(19)15-10-4-3-5-11(7-10)18-9-14-16-17-18/h1,3-5,7,9,13H,6,8H2,(H,15,19). The van der Waals surface area contributed by atoms with Crippen molar-refractivity contribution in [1.82, 2.24) is 25.5 Å². The molecule has 0 aliphatic rings. The molecule has 2 aromatic rings. The van der Waals surface area contributed by atoms with Crippen LogP contribution in [0.25, 0.3) is 5.69 Å². The number of benzene rings is 1. The van der Waals surface area contributed by atoms with Gasteiger partial charge in [-0.15, -0.1) is 11.5 Å². The Hall–Kier alpha value is -2.72. The normalized spacial score (nSPS) is 9.84. The van der Waals surface area contributed by atoms with Gasteiger partial charge in [-0.05, 0) is 28.6 Å². The van der Waals surface area contributed by atoms with E-state index in [0.717, 1.165) is 5.69 Å². The predicted molar refractivity (Wildman–Crippen MR) is 69.5 cm³/mol. The number of terminal acetylenes is 1. The lowest BCUT2D eigenvalue weighted by molar-refractivity contribution is -0.115. The van der Waals surface area contributed by atoms with E-state index in [1.54, 1.807) is 12.1 Å². The molecule has 0 aliphatic carbocycles. The minimum Gasteiger partial charge on any atom is -0.325 e. The monoisotopic (exact) mass is 256 g/mol. The van der Waals surface area contributed by atoms with E-state index < -0.39 is 0 Å². The maximum atomic E-state index is 11.6. The van der Waals surface area contributed by atoms with Gasteiger partial charge in [-0.25, -0.2) is 4.68 Å². The lowest BCUT2D eigenvalue weighted by Gasteiger charge is -2.07. The Kier molecular flexibility index (Phi) is 4.21. The summed E-state index contributed by atoms with van der Waals surface area (Å²) < 4.78 is 1.51. The molecule has 1 aromatic carbocycles. The molecule has 0 aliphatic heterocycles. The molecule has 0 radical (unpaired) electrons. The highest BCUT2D eigenvalue weighted by atomic mass is 16.1. The van der Waals surface area contributed by atoms with Crippen LogP contribution in [0.5, 0.6) is 0 Å². The van der Waals surface area contributed by atoms with Gasteiger partial charge in [-0.1, -0.05) is 12.0 Å². The number of nitrogens with one attached hydrogen (secondary N) is 2. The SMILES string of the molecule is C#CCNCC(=O)Nc1cccc(-n2cnnn2)c1. The van der Waals surface area contributed by atoms with Crippen LogP contribution in [0.3, 0.4) is 0 Å². The zero-order valence-corrected chi connectivity index (χ0v) is 10.1. The molecule has 0 atom stereocenters. The summed E-state index contributed by atoms with van der Waals surface area (Å²) in [6.07, 6.45) is 6.56. The Morgan fingerprint density at radius 2 is 2.37 bits per heavy atom. The molecule has 1 heterocycles. The number of aromatic nitrogens is 4. The van der Waals surface area contributed by atoms with Gasteiger partial charge in [0, 0.05) is 5.69 Å². The molecule has 7 nitrogen and oxygen atoms in total. The van der Waals surface area contributed by atoms with Gasteiger partial charge in [0.15, 0.2) is 0 Å². The molecule has 0 fully saturated rings. The van der Waals surface area contributed by atoms with E-state index in [4.69, 9.17) is 6.42 Å². The smallest absolute Gasteiger partial charge is 0.238 e. The van der Waals surface area contributed by atoms with Gasteiger partial charge in [0.05, 0.1) is 18.8 Å². The van der Waals surface area contributed by atoms with Crippen LogP contribution >= 0.6 is 0 Å². The molecule has 0 bridgehead atoms. The first-order valence-electron chi connectivity index (χ1n) is 5.57. The van der Waals surface area contributed by atoms with Gasteiger partial charge in [0.25, 0.3) is 0 Å². The van der Waals surface area contributed by atoms with Crippen molar-refractivity contribution in [2.24, 2.45) is 0 Å². The van der Waals surface area contributed by atoms with Crippen LogP contribution in [0.2, 0.25) is 0 Å². The summed E-state index contributed by atoms with van der Waals surface area (Å²) in [7, 11) is 0. The summed E-state index contributed by atoms with van der Waals surface area (Å²) in [4.78, 5) is 11.6. The molecule has 96 valence electrons. The maximum absolute atomic E-state index is 11.6. The van der Waals surface area contributed by atoms with Crippen LogP contribution in [-0.2, 0) is 4.79 Å². The Bertz CT molecular complexity index is 587. The van der Waals surface area contributed by atoms with Crippen molar-refractivity contribution in [3.63, 3.8) is 0 Å². The average molecular weight is 256 g/mol. The molecule has 0 unspecified atom stereocenters. The zero-order valence-electron chi connectivity index (χ0n) is 10.1. The third-order valence-corrected chi connectivity index (χ3v) is 2.26. The number of hydrogen-bond acceptors (Lipinski definition) is 5. The van der Waals surface area contributed by atoms with E-state index in [-0.39, 0.29) is 12.5 Å². The molecule has 1 aromatic heterocycles. The first-order chi connectivity index (χ1) is 9.29. The largest absolute Gasteiger partial charge is 0.325 e. The van der Waals surface area contributed by atoms with E-state index in [1.165, 1.54) is 11.0 Å². The van der Waals surface area contributed by atoms with Crippen molar-refractivity contribution < 1.29 is 4.79 Å².